The van der Waals surface area contributed by atoms with Crippen molar-refractivity contribution in [3.05, 3.63) is 78.4 Å². The number of hydrogen-bond acceptors (Lipinski definition) is 7. The number of hydrogen-bond donors (Lipinski definition) is 0. The maximum absolute atomic E-state index is 12.9. The molecule has 0 aliphatic rings. The Morgan fingerprint density at radius 3 is 1.98 bits per heavy atom. The number of fused-ring (bicyclic) bond motifs is 6. The quantitative estimate of drug-likeness (QED) is 0.186. The minimum atomic E-state index is -4.83. The standard InChI is InChI=1S/C31H23F3N2O5/c1-37-18-7-10-21-22-11-9-20(41-31(32,33)34)15-26(22)36-30(25(21)13-18)40-16-17-5-4-6-24-28(17)23-12-8-19(38-2)14-27(23)35-29(24)39-3/h4-15H,16H2,1-3H3. The number of ether oxygens (including phenoxy) is 5. The fourth-order valence-electron chi connectivity index (χ4n) is 5.00. The summed E-state index contributed by atoms with van der Waals surface area (Å²) in [7, 11) is 4.70. The third-order valence-electron chi connectivity index (χ3n) is 6.81. The first kappa shape index (κ1) is 26.2. The highest BCUT2D eigenvalue weighted by molar-refractivity contribution is 6.10. The number of alkyl halides is 3. The van der Waals surface area contributed by atoms with Crippen LogP contribution >= 0.6 is 0 Å². The summed E-state index contributed by atoms with van der Waals surface area (Å²) in [6.07, 6.45) is -4.83. The van der Waals surface area contributed by atoms with E-state index in [1.165, 1.54) is 12.1 Å². The second kappa shape index (κ2) is 10.2. The van der Waals surface area contributed by atoms with Crippen LogP contribution in [0.4, 0.5) is 13.2 Å². The maximum atomic E-state index is 12.9. The van der Waals surface area contributed by atoms with Crippen molar-refractivity contribution >= 4 is 43.4 Å². The maximum Gasteiger partial charge on any atom is 0.573 e. The van der Waals surface area contributed by atoms with Crippen molar-refractivity contribution in [1.82, 2.24) is 9.97 Å². The van der Waals surface area contributed by atoms with Crippen LogP contribution in [0.5, 0.6) is 29.0 Å². The van der Waals surface area contributed by atoms with Crippen LogP contribution in [0, 0.1) is 0 Å². The summed E-state index contributed by atoms with van der Waals surface area (Å²) in [5.41, 5.74) is 1.82. The van der Waals surface area contributed by atoms with E-state index in [1.807, 2.05) is 42.5 Å². The van der Waals surface area contributed by atoms with Crippen LogP contribution in [0.25, 0.3) is 43.4 Å². The highest BCUT2D eigenvalue weighted by atomic mass is 19.4. The number of methoxy groups -OCH3 is 3. The molecule has 0 bridgehead atoms. The molecule has 4 aromatic carbocycles. The molecule has 7 nitrogen and oxygen atoms in total. The lowest BCUT2D eigenvalue weighted by Gasteiger charge is -2.16. The SMILES string of the molecule is COc1ccc2c(c1)nc(OC)c1cccc(COc3nc4cc(OC(F)(F)F)ccc4c4ccc(OC)cc34)c12. The van der Waals surface area contributed by atoms with Crippen molar-refractivity contribution in [1.29, 1.82) is 0 Å². The van der Waals surface area contributed by atoms with Crippen LogP contribution in [0.2, 0.25) is 0 Å². The summed E-state index contributed by atoms with van der Waals surface area (Å²) in [6.45, 7) is 0.106. The van der Waals surface area contributed by atoms with Gasteiger partial charge in [-0.2, -0.15) is 0 Å². The van der Waals surface area contributed by atoms with E-state index in [9.17, 15) is 13.2 Å². The number of benzene rings is 4. The molecular weight excluding hydrogens is 537 g/mol. The zero-order valence-electron chi connectivity index (χ0n) is 22.2. The lowest BCUT2D eigenvalue weighted by atomic mass is 10.0. The van der Waals surface area contributed by atoms with Gasteiger partial charge in [0.2, 0.25) is 11.8 Å². The molecule has 6 aromatic rings. The molecule has 10 heteroatoms. The summed E-state index contributed by atoms with van der Waals surface area (Å²) in [5.74, 6) is 1.57. The van der Waals surface area contributed by atoms with Gasteiger partial charge in [-0.1, -0.05) is 12.1 Å². The molecule has 208 valence electrons. The molecule has 2 aromatic heterocycles. The van der Waals surface area contributed by atoms with E-state index in [4.69, 9.17) is 18.9 Å². The van der Waals surface area contributed by atoms with Gasteiger partial charge in [0.15, 0.2) is 0 Å². The average molecular weight is 561 g/mol. The Morgan fingerprint density at radius 2 is 1.24 bits per heavy atom. The van der Waals surface area contributed by atoms with Crippen LogP contribution in [-0.2, 0) is 6.61 Å². The Kier molecular flexibility index (Phi) is 6.53. The van der Waals surface area contributed by atoms with Crippen LogP contribution < -0.4 is 23.7 Å². The van der Waals surface area contributed by atoms with Gasteiger partial charge < -0.3 is 23.7 Å². The first-order valence-corrected chi connectivity index (χ1v) is 12.5. The molecule has 0 amide bonds. The molecular formula is C31H23F3N2O5. The van der Waals surface area contributed by atoms with Crippen LogP contribution in [0.15, 0.2) is 72.8 Å². The third-order valence-corrected chi connectivity index (χ3v) is 6.81. The first-order chi connectivity index (χ1) is 19.8. The Labute approximate surface area is 232 Å². The Morgan fingerprint density at radius 1 is 0.610 bits per heavy atom. The molecule has 0 saturated carbocycles. The summed E-state index contributed by atoms with van der Waals surface area (Å²) < 4.78 is 65.5. The minimum absolute atomic E-state index is 0.106. The zero-order valence-corrected chi connectivity index (χ0v) is 22.2. The van der Waals surface area contributed by atoms with E-state index in [1.54, 1.807) is 39.5 Å². The molecule has 6 rings (SSSR count). The molecule has 0 unspecified atom stereocenters. The zero-order chi connectivity index (χ0) is 28.7. The second-order valence-electron chi connectivity index (χ2n) is 9.19. The van der Waals surface area contributed by atoms with Crippen molar-refractivity contribution in [3.63, 3.8) is 0 Å². The van der Waals surface area contributed by atoms with Gasteiger partial charge in [-0.15, -0.1) is 13.2 Å². The molecule has 0 spiro atoms. The van der Waals surface area contributed by atoms with E-state index >= 15 is 0 Å². The van der Waals surface area contributed by atoms with Gasteiger partial charge in [0.25, 0.3) is 0 Å². The van der Waals surface area contributed by atoms with Crippen molar-refractivity contribution in [2.24, 2.45) is 0 Å². The topological polar surface area (TPSA) is 71.9 Å². The van der Waals surface area contributed by atoms with E-state index in [-0.39, 0.29) is 18.2 Å². The summed E-state index contributed by atoms with van der Waals surface area (Å²) >= 11 is 0. The fourth-order valence-corrected chi connectivity index (χ4v) is 5.00. The van der Waals surface area contributed by atoms with E-state index < -0.39 is 6.36 Å². The number of rotatable bonds is 7. The van der Waals surface area contributed by atoms with Gasteiger partial charge in [0.1, 0.15) is 23.9 Å². The normalized spacial score (nSPS) is 11.8. The Balaban J connectivity index is 1.49. The predicted molar refractivity (Wildman–Crippen MR) is 149 cm³/mol. The highest BCUT2D eigenvalue weighted by Crippen LogP contribution is 2.38. The van der Waals surface area contributed by atoms with Crippen molar-refractivity contribution < 1.29 is 36.9 Å². The summed E-state index contributed by atoms with van der Waals surface area (Å²) in [4.78, 5) is 9.26. The van der Waals surface area contributed by atoms with Crippen molar-refractivity contribution in [3.8, 4) is 29.0 Å². The number of halogens is 3. The minimum Gasteiger partial charge on any atom is -0.497 e. The molecule has 0 aliphatic carbocycles. The Hall–Kier alpha value is -4.99. The average Bonchev–Trinajstić information content (AvgIpc) is 2.97. The lowest BCUT2D eigenvalue weighted by molar-refractivity contribution is -0.274. The molecule has 41 heavy (non-hydrogen) atoms. The van der Waals surface area contributed by atoms with Crippen LogP contribution in [0.1, 0.15) is 5.56 Å². The van der Waals surface area contributed by atoms with Gasteiger partial charge in [-0.05, 0) is 59.5 Å². The van der Waals surface area contributed by atoms with E-state index in [2.05, 4.69) is 14.7 Å². The number of aromatic nitrogens is 2. The van der Waals surface area contributed by atoms with Gasteiger partial charge >= 0.3 is 6.36 Å². The largest absolute Gasteiger partial charge is 0.573 e. The van der Waals surface area contributed by atoms with Gasteiger partial charge in [-0.25, -0.2) is 9.97 Å². The van der Waals surface area contributed by atoms with Gasteiger partial charge in [0.05, 0.1) is 32.4 Å². The second-order valence-corrected chi connectivity index (χ2v) is 9.19. The summed E-state index contributed by atoms with van der Waals surface area (Å²) in [6, 6.07) is 20.8. The van der Waals surface area contributed by atoms with Crippen molar-refractivity contribution in [2.45, 2.75) is 13.0 Å². The smallest absolute Gasteiger partial charge is 0.497 e. The highest BCUT2D eigenvalue weighted by Gasteiger charge is 2.31. The van der Waals surface area contributed by atoms with Crippen molar-refractivity contribution in [2.75, 3.05) is 21.3 Å². The molecule has 0 aliphatic heterocycles. The number of pyridine rings is 2. The first-order valence-electron chi connectivity index (χ1n) is 12.5. The van der Waals surface area contributed by atoms with Gasteiger partial charge in [0, 0.05) is 39.1 Å². The van der Waals surface area contributed by atoms with Gasteiger partial charge in [-0.3, -0.25) is 0 Å². The molecule has 0 radical (unpaired) electrons. The monoisotopic (exact) mass is 560 g/mol. The lowest BCUT2D eigenvalue weighted by Crippen LogP contribution is -2.17. The molecule has 0 fully saturated rings. The molecule has 2 heterocycles. The predicted octanol–water partition coefficient (Wildman–Crippen LogP) is 7.59. The van der Waals surface area contributed by atoms with Crippen LogP contribution in [0.3, 0.4) is 0 Å². The Bertz CT molecular complexity index is 1940. The van der Waals surface area contributed by atoms with Crippen LogP contribution in [-0.4, -0.2) is 37.7 Å². The molecule has 0 N–H and O–H groups in total. The molecule has 0 atom stereocenters. The van der Waals surface area contributed by atoms with E-state index in [0.29, 0.717) is 39.2 Å². The number of nitrogens with zero attached hydrogens (tertiary/aromatic N) is 2. The molecule has 0 saturated heterocycles. The fraction of sp³-hybridized carbons (Fsp3) is 0.161. The summed E-state index contributed by atoms with van der Waals surface area (Å²) in [5, 5.41) is 4.61. The van der Waals surface area contributed by atoms with E-state index in [0.717, 1.165) is 27.1 Å². The third kappa shape index (κ3) is 4.93.